The molecule has 0 spiro atoms. The highest BCUT2D eigenvalue weighted by Gasteiger charge is 2.19. The van der Waals surface area contributed by atoms with Gasteiger partial charge in [-0.15, -0.1) is 0 Å². The molecule has 0 bridgehead atoms. The van der Waals surface area contributed by atoms with Crippen LogP contribution in [0.3, 0.4) is 0 Å². The highest BCUT2D eigenvalue weighted by Crippen LogP contribution is 2.19. The Hall–Kier alpha value is -1.73. The van der Waals surface area contributed by atoms with E-state index in [1.54, 1.807) is 6.07 Å². The maximum absolute atomic E-state index is 11.9. The third-order valence-electron chi connectivity index (χ3n) is 1.81. The predicted octanol–water partition coefficient (Wildman–Crippen LogP) is 1.33. The van der Waals surface area contributed by atoms with E-state index in [9.17, 15) is 8.42 Å². The highest BCUT2D eigenvalue weighted by atomic mass is 35.5. The summed E-state index contributed by atoms with van der Waals surface area (Å²) in [4.78, 5) is 11.1. The molecule has 8 heteroatoms. The second kappa shape index (κ2) is 4.64. The van der Waals surface area contributed by atoms with Gasteiger partial charge in [0.05, 0.1) is 0 Å². The minimum Gasteiger partial charge on any atom is -0.247 e. The molecule has 17 heavy (non-hydrogen) atoms. The molecule has 6 nitrogen and oxygen atoms in total. The van der Waals surface area contributed by atoms with Crippen LogP contribution in [0, 0.1) is 0 Å². The topological polar surface area (TPSA) is 84.8 Å². The minimum absolute atomic E-state index is 0.0209. The zero-order valence-corrected chi connectivity index (χ0v) is 9.98. The zero-order valence-electron chi connectivity index (χ0n) is 8.41. The first kappa shape index (κ1) is 11.7. The van der Waals surface area contributed by atoms with Crippen LogP contribution in [0.4, 0.5) is 5.95 Å². The van der Waals surface area contributed by atoms with Gasteiger partial charge >= 0.3 is 0 Å². The molecule has 0 amide bonds. The maximum Gasteiger partial charge on any atom is 0.267 e. The number of anilines is 1. The van der Waals surface area contributed by atoms with Gasteiger partial charge in [0, 0.05) is 18.6 Å². The average Bonchev–Trinajstić information content (AvgIpc) is 2.30. The Morgan fingerprint density at radius 2 is 1.71 bits per heavy atom. The van der Waals surface area contributed by atoms with E-state index < -0.39 is 10.0 Å². The van der Waals surface area contributed by atoms with E-state index in [0.717, 1.165) is 0 Å². The fraction of sp³-hybridized carbons (Fsp3) is 0. The van der Waals surface area contributed by atoms with Crippen molar-refractivity contribution < 1.29 is 8.42 Å². The van der Waals surface area contributed by atoms with Crippen LogP contribution in [0.5, 0.6) is 0 Å². The second-order valence-corrected chi connectivity index (χ2v) is 4.98. The Morgan fingerprint density at radius 3 is 2.35 bits per heavy atom. The summed E-state index contributed by atoms with van der Waals surface area (Å²) in [6.07, 6.45) is 4.26. The van der Waals surface area contributed by atoms with Gasteiger partial charge < -0.3 is 0 Å². The van der Waals surface area contributed by atoms with Crippen molar-refractivity contribution in [1.29, 1.82) is 0 Å². The summed E-state index contributed by atoms with van der Waals surface area (Å²) in [5.41, 5.74) is 0. The predicted molar refractivity (Wildman–Crippen MR) is 62.1 cm³/mol. The van der Waals surface area contributed by atoms with Gasteiger partial charge in [0.25, 0.3) is 10.0 Å². The van der Waals surface area contributed by atoms with Gasteiger partial charge in [-0.25, -0.2) is 28.1 Å². The monoisotopic (exact) mass is 270 g/mol. The lowest BCUT2D eigenvalue weighted by molar-refractivity contribution is 0.600. The molecule has 0 aliphatic rings. The van der Waals surface area contributed by atoms with Crippen LogP contribution < -0.4 is 4.72 Å². The fourth-order valence-corrected chi connectivity index (χ4v) is 2.51. The van der Waals surface area contributed by atoms with Crippen LogP contribution in [-0.2, 0) is 10.0 Å². The van der Waals surface area contributed by atoms with Gasteiger partial charge in [-0.2, -0.15) is 0 Å². The Labute approximate surface area is 103 Å². The van der Waals surface area contributed by atoms with Crippen LogP contribution in [0.2, 0.25) is 5.15 Å². The van der Waals surface area contributed by atoms with Gasteiger partial charge in [-0.3, -0.25) is 0 Å². The summed E-state index contributed by atoms with van der Waals surface area (Å²) in [5, 5.41) is -0.101. The second-order valence-electron chi connectivity index (χ2n) is 2.97. The molecule has 0 saturated heterocycles. The van der Waals surface area contributed by atoms with Crippen molar-refractivity contribution in [3.63, 3.8) is 0 Å². The quantitative estimate of drug-likeness (QED) is 0.851. The van der Waals surface area contributed by atoms with Crippen molar-refractivity contribution in [2.45, 2.75) is 4.90 Å². The Kier molecular flexibility index (Phi) is 3.21. The molecule has 0 unspecified atom stereocenters. The zero-order chi connectivity index (χ0) is 12.3. The third-order valence-corrected chi connectivity index (χ3v) is 3.58. The van der Waals surface area contributed by atoms with Crippen LogP contribution in [0.25, 0.3) is 0 Å². The molecule has 0 aliphatic heterocycles. The summed E-state index contributed by atoms with van der Waals surface area (Å²) in [5.74, 6) is -0.0209. The van der Waals surface area contributed by atoms with Crippen molar-refractivity contribution in [1.82, 2.24) is 15.0 Å². The van der Waals surface area contributed by atoms with Gasteiger partial charge in [-0.1, -0.05) is 11.6 Å². The smallest absolute Gasteiger partial charge is 0.247 e. The molecule has 1 N–H and O–H groups in total. The van der Waals surface area contributed by atoms with Crippen molar-refractivity contribution in [2.75, 3.05) is 4.72 Å². The summed E-state index contributed by atoms with van der Waals surface area (Å²) in [7, 11) is -3.81. The van der Waals surface area contributed by atoms with E-state index in [2.05, 4.69) is 19.7 Å². The molecule has 0 aromatic carbocycles. The van der Waals surface area contributed by atoms with E-state index in [4.69, 9.17) is 11.6 Å². The van der Waals surface area contributed by atoms with E-state index in [1.807, 2.05) is 0 Å². The third kappa shape index (κ3) is 2.69. The van der Waals surface area contributed by atoms with Crippen LogP contribution in [-0.4, -0.2) is 23.4 Å². The molecular formula is C9H7ClN4O2S. The molecule has 88 valence electrons. The lowest BCUT2D eigenvalue weighted by Gasteiger charge is -2.06. The first-order valence-electron chi connectivity index (χ1n) is 4.50. The van der Waals surface area contributed by atoms with Crippen LogP contribution in [0.15, 0.2) is 41.7 Å². The molecule has 2 aromatic heterocycles. The van der Waals surface area contributed by atoms with Gasteiger partial charge in [-0.05, 0) is 18.2 Å². The molecule has 2 heterocycles. The molecule has 0 fully saturated rings. The van der Waals surface area contributed by atoms with Crippen molar-refractivity contribution in [2.24, 2.45) is 0 Å². The fourth-order valence-electron chi connectivity index (χ4n) is 1.10. The normalized spacial score (nSPS) is 11.1. The average molecular weight is 271 g/mol. The maximum atomic E-state index is 11.9. The number of nitrogens with zero attached hydrogens (tertiary/aromatic N) is 3. The van der Waals surface area contributed by atoms with Crippen molar-refractivity contribution in [3.8, 4) is 0 Å². The van der Waals surface area contributed by atoms with Crippen molar-refractivity contribution >= 4 is 27.6 Å². The standard InChI is InChI=1S/C9H7ClN4O2S/c10-8-7(3-1-4-11-8)17(15,16)14-9-12-5-2-6-13-9/h1-6H,(H,12,13,14). The Bertz CT molecular complexity index is 618. The molecule has 0 atom stereocenters. The first-order chi connectivity index (χ1) is 8.09. The SMILES string of the molecule is O=S(=O)(Nc1ncccn1)c1cccnc1Cl. The number of hydrogen-bond acceptors (Lipinski definition) is 5. The van der Waals surface area contributed by atoms with Gasteiger partial charge in [0.2, 0.25) is 5.95 Å². The van der Waals surface area contributed by atoms with Crippen LogP contribution in [0.1, 0.15) is 0 Å². The Morgan fingerprint density at radius 1 is 1.06 bits per heavy atom. The number of sulfonamides is 1. The number of halogens is 1. The lowest BCUT2D eigenvalue weighted by Crippen LogP contribution is -2.15. The molecule has 0 radical (unpaired) electrons. The van der Waals surface area contributed by atoms with Crippen molar-refractivity contribution in [3.05, 3.63) is 41.9 Å². The number of nitrogens with one attached hydrogen (secondary N) is 1. The molecule has 0 saturated carbocycles. The number of aromatic nitrogens is 3. The van der Waals surface area contributed by atoms with E-state index in [0.29, 0.717) is 0 Å². The number of rotatable bonds is 3. The van der Waals surface area contributed by atoms with Gasteiger partial charge in [0.1, 0.15) is 10.0 Å². The summed E-state index contributed by atoms with van der Waals surface area (Å²) in [6.45, 7) is 0. The van der Waals surface area contributed by atoms with Crippen LogP contribution >= 0.6 is 11.6 Å². The highest BCUT2D eigenvalue weighted by molar-refractivity contribution is 7.92. The lowest BCUT2D eigenvalue weighted by atomic mass is 10.5. The summed E-state index contributed by atoms with van der Waals surface area (Å²) < 4.78 is 26.0. The number of pyridine rings is 1. The van der Waals surface area contributed by atoms with Gasteiger partial charge in [0.15, 0.2) is 0 Å². The molecule has 0 aliphatic carbocycles. The molecule has 2 aromatic rings. The largest absolute Gasteiger partial charge is 0.267 e. The first-order valence-corrected chi connectivity index (χ1v) is 6.36. The Balaban J connectivity index is 2.36. The molecular weight excluding hydrogens is 264 g/mol. The minimum atomic E-state index is -3.81. The summed E-state index contributed by atoms with van der Waals surface area (Å²) in [6, 6.07) is 4.40. The summed E-state index contributed by atoms with van der Waals surface area (Å²) >= 11 is 5.70. The van der Waals surface area contributed by atoms with E-state index >= 15 is 0 Å². The van der Waals surface area contributed by atoms with E-state index in [1.165, 1.54) is 30.7 Å². The number of hydrogen-bond donors (Lipinski definition) is 1. The van der Waals surface area contributed by atoms with E-state index in [-0.39, 0.29) is 16.0 Å². The molecule has 2 rings (SSSR count).